The van der Waals surface area contributed by atoms with Gasteiger partial charge in [0.25, 0.3) is 0 Å². The van der Waals surface area contributed by atoms with Crippen molar-refractivity contribution in [2.45, 2.75) is 38.3 Å². The van der Waals surface area contributed by atoms with E-state index >= 15 is 0 Å². The van der Waals surface area contributed by atoms with Crippen LogP contribution in [0.2, 0.25) is 0 Å². The van der Waals surface area contributed by atoms with Gasteiger partial charge in [0.2, 0.25) is 11.9 Å². The molecule has 0 unspecified atom stereocenters. The van der Waals surface area contributed by atoms with Crippen LogP contribution in [-0.4, -0.2) is 48.7 Å². The largest absolute Gasteiger partial charge is 0.497 e. The van der Waals surface area contributed by atoms with E-state index in [2.05, 4.69) is 15.2 Å². The summed E-state index contributed by atoms with van der Waals surface area (Å²) in [7, 11) is 1.64. The molecule has 1 N–H and O–H groups in total. The number of carbonyl (C=O) groups is 1. The second kappa shape index (κ2) is 8.56. The number of benzene rings is 1. The first-order valence-corrected chi connectivity index (χ1v) is 9.81. The van der Waals surface area contributed by atoms with Gasteiger partial charge in [-0.15, -0.1) is 0 Å². The van der Waals surface area contributed by atoms with Crippen molar-refractivity contribution >= 4 is 11.9 Å². The summed E-state index contributed by atoms with van der Waals surface area (Å²) < 4.78 is 10.6. The molecule has 0 aliphatic carbocycles. The Balaban J connectivity index is 1.35. The lowest BCUT2D eigenvalue weighted by Gasteiger charge is -2.33. The number of piperidine rings is 1. The van der Waals surface area contributed by atoms with Crippen LogP contribution in [0.1, 0.15) is 29.7 Å². The van der Waals surface area contributed by atoms with Crippen LogP contribution >= 0.6 is 0 Å². The highest BCUT2D eigenvalue weighted by Gasteiger charge is 2.24. The lowest BCUT2D eigenvalue weighted by Crippen LogP contribution is -2.48. The number of methoxy groups -OCH3 is 1. The average molecular weight is 382 g/mol. The number of hydrogen-bond donors (Lipinski definition) is 1. The zero-order valence-corrected chi connectivity index (χ0v) is 16.2. The van der Waals surface area contributed by atoms with E-state index in [0.29, 0.717) is 19.6 Å². The average Bonchev–Trinajstić information content (AvgIpc) is 2.74. The van der Waals surface area contributed by atoms with Crippen LogP contribution in [0.5, 0.6) is 5.75 Å². The van der Waals surface area contributed by atoms with Crippen molar-refractivity contribution in [1.29, 1.82) is 0 Å². The van der Waals surface area contributed by atoms with Crippen molar-refractivity contribution in [2.75, 3.05) is 31.7 Å². The second-order valence-corrected chi connectivity index (χ2v) is 7.32. The van der Waals surface area contributed by atoms with Crippen molar-refractivity contribution in [1.82, 2.24) is 15.3 Å². The van der Waals surface area contributed by atoms with E-state index in [1.807, 2.05) is 30.5 Å². The number of aromatic nitrogens is 2. The van der Waals surface area contributed by atoms with E-state index in [4.69, 9.17) is 14.5 Å². The van der Waals surface area contributed by atoms with Crippen LogP contribution in [0.3, 0.4) is 0 Å². The minimum Gasteiger partial charge on any atom is -0.497 e. The minimum atomic E-state index is 0.0422. The molecule has 148 valence electrons. The Morgan fingerprint density at radius 1 is 1.36 bits per heavy atom. The van der Waals surface area contributed by atoms with Gasteiger partial charge in [0, 0.05) is 37.3 Å². The molecule has 0 bridgehead atoms. The monoisotopic (exact) mass is 382 g/mol. The first kappa shape index (κ1) is 18.7. The van der Waals surface area contributed by atoms with Crippen LogP contribution < -0.4 is 15.0 Å². The highest BCUT2D eigenvalue weighted by Crippen LogP contribution is 2.20. The first-order valence-electron chi connectivity index (χ1n) is 9.81. The van der Waals surface area contributed by atoms with Gasteiger partial charge in [-0.3, -0.25) is 4.79 Å². The number of amides is 1. The Kier molecular flexibility index (Phi) is 5.71. The normalized spacial score (nSPS) is 19.0. The van der Waals surface area contributed by atoms with Crippen molar-refractivity contribution in [3.05, 3.63) is 47.3 Å². The fourth-order valence-electron chi connectivity index (χ4n) is 3.76. The third-order valence-electron chi connectivity index (χ3n) is 5.28. The molecule has 1 fully saturated rings. The lowest BCUT2D eigenvalue weighted by atomic mass is 10.0. The molecule has 2 aliphatic rings. The summed E-state index contributed by atoms with van der Waals surface area (Å²) in [4.78, 5) is 23.9. The molecule has 0 radical (unpaired) electrons. The van der Waals surface area contributed by atoms with E-state index in [0.717, 1.165) is 60.9 Å². The molecule has 1 amide bonds. The molecule has 1 aromatic heterocycles. The number of nitrogens with zero attached hydrogens (tertiary/aromatic N) is 3. The molecule has 1 atom stereocenters. The van der Waals surface area contributed by atoms with Crippen LogP contribution in [-0.2, 0) is 29.0 Å². The predicted octanol–water partition coefficient (Wildman–Crippen LogP) is 1.89. The number of ether oxygens (including phenoxy) is 2. The number of rotatable bonds is 5. The van der Waals surface area contributed by atoms with Crippen molar-refractivity contribution in [3.8, 4) is 5.75 Å². The van der Waals surface area contributed by atoms with Crippen LogP contribution in [0.25, 0.3) is 0 Å². The van der Waals surface area contributed by atoms with Gasteiger partial charge in [0.1, 0.15) is 5.75 Å². The van der Waals surface area contributed by atoms with Gasteiger partial charge >= 0.3 is 0 Å². The van der Waals surface area contributed by atoms with Gasteiger partial charge < -0.3 is 19.7 Å². The summed E-state index contributed by atoms with van der Waals surface area (Å²) >= 11 is 0. The van der Waals surface area contributed by atoms with Crippen LogP contribution in [0, 0.1) is 0 Å². The number of nitrogens with one attached hydrogen (secondary N) is 1. The van der Waals surface area contributed by atoms with E-state index in [1.54, 1.807) is 7.11 Å². The van der Waals surface area contributed by atoms with Crippen LogP contribution in [0.4, 0.5) is 5.95 Å². The second-order valence-electron chi connectivity index (χ2n) is 7.32. The van der Waals surface area contributed by atoms with Gasteiger partial charge in [-0.2, -0.15) is 0 Å². The third-order valence-corrected chi connectivity index (χ3v) is 5.28. The van der Waals surface area contributed by atoms with Gasteiger partial charge in [-0.1, -0.05) is 12.1 Å². The molecule has 28 heavy (non-hydrogen) atoms. The highest BCUT2D eigenvalue weighted by atomic mass is 16.5. The van der Waals surface area contributed by atoms with E-state index in [1.165, 1.54) is 0 Å². The van der Waals surface area contributed by atoms with Crippen molar-refractivity contribution in [2.24, 2.45) is 0 Å². The maximum atomic E-state index is 12.5. The molecule has 4 rings (SSSR count). The van der Waals surface area contributed by atoms with Gasteiger partial charge in [-0.05, 0) is 30.5 Å². The van der Waals surface area contributed by atoms with Gasteiger partial charge in [0.05, 0.1) is 32.4 Å². The first-order chi connectivity index (χ1) is 13.7. The van der Waals surface area contributed by atoms with Gasteiger partial charge in [-0.25, -0.2) is 9.97 Å². The molecule has 1 saturated heterocycles. The standard InChI is InChI=1S/C21H26N4O3/c1-27-18-6-4-15(5-7-18)11-20(26)23-17-3-2-9-25(13-17)21-22-12-16-14-28-10-8-19(16)24-21/h4-7,12,17H,2-3,8-11,13-14H2,1H3,(H,23,26)/t17-/m0/s1. The Morgan fingerprint density at radius 2 is 2.21 bits per heavy atom. The summed E-state index contributed by atoms with van der Waals surface area (Å²) in [5.41, 5.74) is 3.14. The molecule has 1 aromatic carbocycles. The molecule has 3 heterocycles. The molecule has 0 saturated carbocycles. The number of fused-ring (bicyclic) bond motifs is 1. The summed E-state index contributed by atoms with van der Waals surface area (Å²) in [6.45, 7) is 2.97. The number of anilines is 1. The summed E-state index contributed by atoms with van der Waals surface area (Å²) in [5, 5.41) is 3.17. The third kappa shape index (κ3) is 4.42. The zero-order valence-electron chi connectivity index (χ0n) is 16.2. The fraction of sp³-hybridized carbons (Fsp3) is 0.476. The lowest BCUT2D eigenvalue weighted by molar-refractivity contribution is -0.121. The molecule has 7 heteroatoms. The Morgan fingerprint density at radius 3 is 3.04 bits per heavy atom. The topological polar surface area (TPSA) is 76.6 Å². The number of hydrogen-bond acceptors (Lipinski definition) is 6. The highest BCUT2D eigenvalue weighted by molar-refractivity contribution is 5.79. The van der Waals surface area contributed by atoms with Gasteiger partial charge in [0.15, 0.2) is 0 Å². The summed E-state index contributed by atoms with van der Waals surface area (Å²) in [5.74, 6) is 1.60. The minimum absolute atomic E-state index is 0.0422. The molecule has 0 spiro atoms. The number of carbonyl (C=O) groups excluding carboxylic acids is 1. The van der Waals surface area contributed by atoms with Crippen molar-refractivity contribution in [3.63, 3.8) is 0 Å². The Labute approximate surface area is 165 Å². The molecule has 2 aliphatic heterocycles. The molecule has 2 aromatic rings. The molecular weight excluding hydrogens is 356 g/mol. The zero-order chi connectivity index (χ0) is 19.3. The van der Waals surface area contributed by atoms with E-state index in [9.17, 15) is 4.79 Å². The Hall–Kier alpha value is -2.67. The van der Waals surface area contributed by atoms with Crippen LogP contribution in [0.15, 0.2) is 30.5 Å². The quantitative estimate of drug-likeness (QED) is 0.851. The maximum absolute atomic E-state index is 12.5. The summed E-state index contributed by atoms with van der Waals surface area (Å²) in [6, 6.07) is 7.72. The predicted molar refractivity (Wildman–Crippen MR) is 105 cm³/mol. The van der Waals surface area contributed by atoms with E-state index in [-0.39, 0.29) is 11.9 Å². The van der Waals surface area contributed by atoms with Crippen molar-refractivity contribution < 1.29 is 14.3 Å². The van der Waals surface area contributed by atoms with E-state index < -0.39 is 0 Å². The Bertz CT molecular complexity index is 825. The maximum Gasteiger partial charge on any atom is 0.225 e. The SMILES string of the molecule is COc1ccc(CC(=O)N[C@H]2CCCN(c3ncc4c(n3)CCOC4)C2)cc1. The molecular formula is C21H26N4O3. The summed E-state index contributed by atoms with van der Waals surface area (Å²) in [6.07, 6.45) is 5.07. The smallest absolute Gasteiger partial charge is 0.225 e. The fourth-order valence-corrected chi connectivity index (χ4v) is 3.76. The molecule has 7 nitrogen and oxygen atoms in total.